The molecule has 0 aromatic rings. The average Bonchev–Trinajstić information content (AvgIpc) is 2.90. The van der Waals surface area contributed by atoms with Gasteiger partial charge >= 0.3 is 5.97 Å². The van der Waals surface area contributed by atoms with Crippen molar-refractivity contribution in [3.8, 4) is 0 Å². The van der Waals surface area contributed by atoms with E-state index in [1.165, 1.54) is 39.0 Å². The summed E-state index contributed by atoms with van der Waals surface area (Å²) >= 11 is 0. The van der Waals surface area contributed by atoms with E-state index in [0.29, 0.717) is 23.4 Å². The summed E-state index contributed by atoms with van der Waals surface area (Å²) in [5, 5.41) is 10.1. The Morgan fingerprint density at radius 3 is 2.76 bits per heavy atom. The fraction of sp³-hybridized carbons (Fsp3) is 0.864. The molecule has 0 aliphatic heterocycles. The number of rotatable bonds is 2. The fourth-order valence-electron chi connectivity index (χ4n) is 7.24. The zero-order valence-electron chi connectivity index (χ0n) is 16.1. The second-order valence-electron chi connectivity index (χ2n) is 9.78. The number of carbonyl (C=O) groups is 1. The highest BCUT2D eigenvalue weighted by Gasteiger charge is 2.58. The van der Waals surface area contributed by atoms with Crippen LogP contribution in [0.15, 0.2) is 11.6 Å². The van der Waals surface area contributed by atoms with Gasteiger partial charge < -0.3 is 9.84 Å². The minimum atomic E-state index is -0.140. The number of fused-ring (bicyclic) bond motifs is 5. The molecule has 140 valence electrons. The highest BCUT2D eigenvalue weighted by molar-refractivity contribution is 5.65. The summed E-state index contributed by atoms with van der Waals surface area (Å²) in [4.78, 5) is 11.3. The average molecular weight is 347 g/mol. The number of allylic oxidation sites excluding steroid dienone is 1. The molecule has 0 aromatic carbocycles. The predicted molar refractivity (Wildman–Crippen MR) is 97.8 cm³/mol. The third kappa shape index (κ3) is 2.69. The molecule has 0 radical (unpaired) electrons. The maximum atomic E-state index is 11.3. The van der Waals surface area contributed by atoms with Crippen LogP contribution in [-0.4, -0.2) is 23.8 Å². The van der Waals surface area contributed by atoms with Crippen molar-refractivity contribution < 1.29 is 14.6 Å². The van der Waals surface area contributed by atoms with Crippen LogP contribution in [-0.2, 0) is 9.53 Å². The molecular weight excluding hydrogens is 312 g/mol. The van der Waals surface area contributed by atoms with Gasteiger partial charge in [0.05, 0.1) is 12.7 Å². The number of esters is 1. The Morgan fingerprint density at radius 1 is 1.20 bits per heavy atom. The summed E-state index contributed by atoms with van der Waals surface area (Å²) in [6.07, 6.45) is 11.7. The molecule has 0 aromatic heterocycles. The molecule has 4 rings (SSSR count). The lowest BCUT2D eigenvalue weighted by Crippen LogP contribution is -2.50. The Bertz CT molecular complexity index is 582. The van der Waals surface area contributed by atoms with E-state index >= 15 is 0 Å². The van der Waals surface area contributed by atoms with E-state index < -0.39 is 0 Å². The first kappa shape index (κ1) is 17.6. The molecular formula is C22H34O3. The standard InChI is InChI=1S/C22H34O3/c1-14(23)25-13-16-5-7-19-18-6-4-15-12-17(24)8-10-21(15,2)20(18)9-11-22(16,19)3/h4,16-20,24H,5-13H2,1-3H3/t16?,17?,18-,19-,20+,21-,22+/m0/s1. The van der Waals surface area contributed by atoms with Crippen molar-refractivity contribution in [1.29, 1.82) is 0 Å². The van der Waals surface area contributed by atoms with E-state index in [1.807, 2.05) is 0 Å². The van der Waals surface area contributed by atoms with E-state index in [0.717, 1.165) is 37.0 Å². The van der Waals surface area contributed by atoms with Gasteiger partial charge in [0, 0.05) is 6.92 Å². The summed E-state index contributed by atoms with van der Waals surface area (Å²) in [6, 6.07) is 0. The normalized spacial score (nSPS) is 48.8. The molecule has 3 heteroatoms. The van der Waals surface area contributed by atoms with Gasteiger partial charge in [-0.3, -0.25) is 4.79 Å². The van der Waals surface area contributed by atoms with Crippen LogP contribution in [0, 0.1) is 34.5 Å². The van der Waals surface area contributed by atoms with Gasteiger partial charge in [0.1, 0.15) is 0 Å². The van der Waals surface area contributed by atoms with Crippen molar-refractivity contribution in [2.24, 2.45) is 34.5 Å². The molecule has 4 aliphatic carbocycles. The lowest BCUT2D eigenvalue weighted by molar-refractivity contribution is -0.144. The first-order chi connectivity index (χ1) is 11.8. The van der Waals surface area contributed by atoms with E-state index in [4.69, 9.17) is 4.74 Å². The molecule has 7 atom stereocenters. The highest BCUT2D eigenvalue weighted by atomic mass is 16.5. The topological polar surface area (TPSA) is 46.5 Å². The van der Waals surface area contributed by atoms with Crippen molar-refractivity contribution in [2.75, 3.05) is 6.61 Å². The van der Waals surface area contributed by atoms with Crippen LogP contribution >= 0.6 is 0 Å². The lowest BCUT2D eigenvalue weighted by atomic mass is 9.47. The summed E-state index contributed by atoms with van der Waals surface area (Å²) < 4.78 is 5.41. The molecule has 0 saturated heterocycles. The fourth-order valence-corrected chi connectivity index (χ4v) is 7.24. The Morgan fingerprint density at radius 2 is 2.00 bits per heavy atom. The molecule has 2 unspecified atom stereocenters. The van der Waals surface area contributed by atoms with Crippen molar-refractivity contribution in [3.63, 3.8) is 0 Å². The van der Waals surface area contributed by atoms with E-state index in [-0.39, 0.29) is 12.1 Å². The third-order valence-electron chi connectivity index (χ3n) is 8.76. The summed E-state index contributed by atoms with van der Waals surface area (Å²) in [5.74, 6) is 2.73. The number of ether oxygens (including phenoxy) is 1. The summed E-state index contributed by atoms with van der Waals surface area (Å²) in [6.45, 7) is 7.10. The molecule has 3 fully saturated rings. The molecule has 0 bridgehead atoms. The lowest BCUT2D eigenvalue weighted by Gasteiger charge is -2.58. The second-order valence-corrected chi connectivity index (χ2v) is 9.78. The summed E-state index contributed by atoms with van der Waals surface area (Å²) in [5.41, 5.74) is 2.20. The molecule has 1 N–H and O–H groups in total. The third-order valence-corrected chi connectivity index (χ3v) is 8.76. The van der Waals surface area contributed by atoms with Crippen molar-refractivity contribution in [1.82, 2.24) is 0 Å². The zero-order chi connectivity index (χ0) is 17.8. The Balaban J connectivity index is 1.56. The largest absolute Gasteiger partial charge is 0.466 e. The number of carbonyl (C=O) groups excluding carboxylic acids is 1. The zero-order valence-corrected chi connectivity index (χ0v) is 16.1. The molecule has 3 saturated carbocycles. The van der Waals surface area contributed by atoms with Crippen LogP contribution in [0.3, 0.4) is 0 Å². The first-order valence-corrected chi connectivity index (χ1v) is 10.4. The van der Waals surface area contributed by atoms with Crippen molar-refractivity contribution in [3.05, 3.63) is 11.6 Å². The van der Waals surface area contributed by atoms with Gasteiger partial charge in [-0.1, -0.05) is 25.5 Å². The monoisotopic (exact) mass is 346 g/mol. The highest BCUT2D eigenvalue weighted by Crippen LogP contribution is 2.66. The number of hydrogen-bond donors (Lipinski definition) is 1. The number of hydrogen-bond acceptors (Lipinski definition) is 3. The van der Waals surface area contributed by atoms with Crippen LogP contribution in [0.5, 0.6) is 0 Å². The van der Waals surface area contributed by atoms with Gasteiger partial charge in [-0.25, -0.2) is 0 Å². The van der Waals surface area contributed by atoms with Crippen molar-refractivity contribution >= 4 is 5.97 Å². The van der Waals surface area contributed by atoms with Gasteiger partial charge in [0.15, 0.2) is 0 Å². The van der Waals surface area contributed by atoms with E-state index in [2.05, 4.69) is 19.9 Å². The SMILES string of the molecule is CC(=O)OCC1CC[C@H]2[C@@H]3CC=C4CC(O)CC[C@]4(C)[C@@H]3CC[C@]12C. The second kappa shape index (κ2) is 6.11. The minimum Gasteiger partial charge on any atom is -0.466 e. The van der Waals surface area contributed by atoms with Crippen LogP contribution in [0.2, 0.25) is 0 Å². The number of aliphatic hydroxyl groups is 1. The van der Waals surface area contributed by atoms with E-state index in [1.54, 1.807) is 5.57 Å². The maximum Gasteiger partial charge on any atom is 0.302 e. The molecule has 25 heavy (non-hydrogen) atoms. The Labute approximate surface area is 152 Å². The van der Waals surface area contributed by atoms with Gasteiger partial charge in [-0.15, -0.1) is 0 Å². The van der Waals surface area contributed by atoms with Gasteiger partial charge in [-0.2, -0.15) is 0 Å². The van der Waals surface area contributed by atoms with Crippen LogP contribution < -0.4 is 0 Å². The molecule has 4 aliphatic rings. The van der Waals surface area contributed by atoms with Gasteiger partial charge in [0.2, 0.25) is 0 Å². The summed E-state index contributed by atoms with van der Waals surface area (Å²) in [7, 11) is 0. The number of aliphatic hydroxyl groups excluding tert-OH is 1. The van der Waals surface area contributed by atoms with E-state index in [9.17, 15) is 9.90 Å². The molecule has 3 nitrogen and oxygen atoms in total. The molecule has 0 amide bonds. The van der Waals surface area contributed by atoms with Crippen LogP contribution in [0.4, 0.5) is 0 Å². The van der Waals surface area contributed by atoms with Gasteiger partial charge in [-0.05, 0) is 85.9 Å². The Kier molecular flexibility index (Phi) is 4.30. The first-order valence-electron chi connectivity index (χ1n) is 10.4. The van der Waals surface area contributed by atoms with Crippen LogP contribution in [0.25, 0.3) is 0 Å². The Hall–Kier alpha value is -0.830. The maximum absolute atomic E-state index is 11.3. The van der Waals surface area contributed by atoms with Crippen LogP contribution in [0.1, 0.15) is 72.1 Å². The van der Waals surface area contributed by atoms with Crippen molar-refractivity contribution in [2.45, 2.75) is 78.2 Å². The quantitative estimate of drug-likeness (QED) is 0.592. The smallest absolute Gasteiger partial charge is 0.302 e. The van der Waals surface area contributed by atoms with Gasteiger partial charge in [0.25, 0.3) is 0 Å². The molecule has 0 heterocycles. The predicted octanol–water partition coefficient (Wildman–Crippen LogP) is 4.49. The molecule has 0 spiro atoms. The minimum absolute atomic E-state index is 0.121.